The molecule has 4 heterocycles. The van der Waals surface area contributed by atoms with Crippen molar-refractivity contribution in [2.24, 2.45) is 0 Å². The van der Waals surface area contributed by atoms with Crippen molar-refractivity contribution in [1.82, 2.24) is 4.57 Å². The molecule has 0 saturated carbocycles. The molecular formula is C54H32N2O3. The molecular weight excluding hydrogens is 725 g/mol. The number of para-hydroxylation sites is 5. The van der Waals surface area contributed by atoms with Crippen molar-refractivity contribution < 1.29 is 13.3 Å². The molecule has 0 saturated heterocycles. The number of hydrogen-bond acceptors (Lipinski definition) is 4. The summed E-state index contributed by atoms with van der Waals surface area (Å²) in [6, 6.07) is 68.1. The summed E-state index contributed by atoms with van der Waals surface area (Å²) in [5, 5.41) is 8.58. The maximum Gasteiger partial charge on any atom is 0.160 e. The topological polar surface area (TPSA) is 47.6 Å². The van der Waals surface area contributed by atoms with E-state index < -0.39 is 0 Å². The molecule has 0 bridgehead atoms. The van der Waals surface area contributed by atoms with Crippen molar-refractivity contribution in [3.05, 3.63) is 194 Å². The fourth-order valence-electron chi connectivity index (χ4n) is 9.36. The number of anilines is 3. The largest absolute Gasteiger partial charge is 0.456 e. The molecule has 0 atom stereocenters. The predicted molar refractivity (Wildman–Crippen MR) is 243 cm³/mol. The molecule has 276 valence electrons. The van der Waals surface area contributed by atoms with Gasteiger partial charge in [0, 0.05) is 49.1 Å². The van der Waals surface area contributed by atoms with Crippen molar-refractivity contribution in [2.75, 3.05) is 4.90 Å². The van der Waals surface area contributed by atoms with Gasteiger partial charge in [0.25, 0.3) is 0 Å². The Hall–Kier alpha value is -8.02. The highest BCUT2D eigenvalue weighted by Crippen LogP contribution is 2.48. The van der Waals surface area contributed by atoms with E-state index in [1.165, 1.54) is 16.3 Å². The lowest BCUT2D eigenvalue weighted by Crippen LogP contribution is -2.10. The van der Waals surface area contributed by atoms with Crippen molar-refractivity contribution >= 4 is 105 Å². The van der Waals surface area contributed by atoms with E-state index in [1.807, 2.05) is 24.3 Å². The third kappa shape index (κ3) is 4.67. The van der Waals surface area contributed by atoms with Crippen LogP contribution in [0, 0.1) is 0 Å². The normalized spacial score (nSPS) is 12.1. The first-order valence-corrected chi connectivity index (χ1v) is 19.9. The van der Waals surface area contributed by atoms with Crippen molar-refractivity contribution in [3.8, 4) is 16.8 Å². The van der Waals surface area contributed by atoms with E-state index in [0.717, 1.165) is 105 Å². The molecule has 0 fully saturated rings. The van der Waals surface area contributed by atoms with E-state index in [2.05, 4.69) is 179 Å². The Kier molecular flexibility index (Phi) is 6.66. The second-order valence-electron chi connectivity index (χ2n) is 15.2. The van der Waals surface area contributed by atoms with Gasteiger partial charge in [-0.3, -0.25) is 0 Å². The highest BCUT2D eigenvalue weighted by Gasteiger charge is 2.26. The van der Waals surface area contributed by atoms with Gasteiger partial charge in [0.05, 0.1) is 22.1 Å². The molecule has 0 spiro atoms. The van der Waals surface area contributed by atoms with E-state index in [0.29, 0.717) is 0 Å². The predicted octanol–water partition coefficient (Wildman–Crippen LogP) is 15.6. The van der Waals surface area contributed by atoms with E-state index in [9.17, 15) is 0 Å². The number of fused-ring (bicyclic) bond motifs is 12. The van der Waals surface area contributed by atoms with Crippen LogP contribution >= 0.6 is 0 Å². The zero-order valence-electron chi connectivity index (χ0n) is 31.6. The van der Waals surface area contributed by atoms with Crippen molar-refractivity contribution in [3.63, 3.8) is 0 Å². The van der Waals surface area contributed by atoms with Gasteiger partial charge < -0.3 is 22.7 Å². The fraction of sp³-hybridized carbons (Fsp3) is 0. The van der Waals surface area contributed by atoms with Crippen LogP contribution in [0.3, 0.4) is 0 Å². The molecule has 0 aliphatic carbocycles. The molecule has 4 aromatic heterocycles. The number of hydrogen-bond donors (Lipinski definition) is 0. The first kappa shape index (κ1) is 32.1. The molecule has 5 nitrogen and oxygen atoms in total. The van der Waals surface area contributed by atoms with Crippen LogP contribution in [-0.4, -0.2) is 4.57 Å². The Morgan fingerprint density at radius 3 is 1.68 bits per heavy atom. The third-order valence-electron chi connectivity index (χ3n) is 12.0. The molecule has 9 aromatic carbocycles. The maximum absolute atomic E-state index is 7.05. The number of nitrogens with zero attached hydrogens (tertiary/aromatic N) is 2. The lowest BCUT2D eigenvalue weighted by atomic mass is 10.0. The van der Waals surface area contributed by atoms with Gasteiger partial charge in [-0.05, 0) is 77.9 Å². The molecule has 0 N–H and O–H groups in total. The van der Waals surface area contributed by atoms with Crippen LogP contribution in [-0.2, 0) is 0 Å². The second-order valence-corrected chi connectivity index (χ2v) is 15.2. The van der Waals surface area contributed by atoms with Crippen LogP contribution in [0.4, 0.5) is 17.1 Å². The number of aromatic nitrogens is 1. The van der Waals surface area contributed by atoms with E-state index in [4.69, 9.17) is 13.3 Å². The molecule has 0 amide bonds. The van der Waals surface area contributed by atoms with Gasteiger partial charge in [-0.1, -0.05) is 127 Å². The Morgan fingerprint density at radius 2 is 0.915 bits per heavy atom. The first-order chi connectivity index (χ1) is 29.3. The highest BCUT2D eigenvalue weighted by molar-refractivity contribution is 6.23. The summed E-state index contributed by atoms with van der Waals surface area (Å²) in [5.41, 5.74) is 13.4. The van der Waals surface area contributed by atoms with Gasteiger partial charge in [-0.25, -0.2) is 0 Å². The summed E-state index contributed by atoms with van der Waals surface area (Å²) in [6.45, 7) is 0. The monoisotopic (exact) mass is 756 g/mol. The van der Waals surface area contributed by atoms with E-state index >= 15 is 0 Å². The van der Waals surface area contributed by atoms with Crippen LogP contribution < -0.4 is 4.90 Å². The lowest BCUT2D eigenvalue weighted by molar-refractivity contribution is 0.662. The summed E-state index contributed by atoms with van der Waals surface area (Å²) in [7, 11) is 0. The van der Waals surface area contributed by atoms with Crippen LogP contribution in [0.15, 0.2) is 207 Å². The molecule has 0 aliphatic heterocycles. The molecule has 13 rings (SSSR count). The standard InChI is InChI=1S/C54H32N2O3/c1-2-13-33(14-3-1)34-25-27-35(28-26-34)55(46-22-12-19-40-39-17-6-10-23-47(39)58-53(40)46)36-29-30-49-42(31-36)43-32-50-51(41-18-7-11-24-48(41)57-50)52(54(43)59-49)56-44-20-8-4-15-37(44)38-16-5-9-21-45(38)56/h1-32H. The Labute approximate surface area is 337 Å². The quantitative estimate of drug-likeness (QED) is 0.175. The summed E-state index contributed by atoms with van der Waals surface area (Å²) in [4.78, 5) is 2.30. The zero-order chi connectivity index (χ0) is 38.6. The minimum atomic E-state index is 0.795. The Morgan fingerprint density at radius 1 is 0.339 bits per heavy atom. The molecule has 0 unspecified atom stereocenters. The maximum atomic E-state index is 7.05. The van der Waals surface area contributed by atoms with Gasteiger partial charge >= 0.3 is 0 Å². The smallest absolute Gasteiger partial charge is 0.160 e. The summed E-state index contributed by atoms with van der Waals surface area (Å²) >= 11 is 0. The first-order valence-electron chi connectivity index (χ1n) is 19.9. The second kappa shape index (κ2) is 12.2. The minimum Gasteiger partial charge on any atom is -0.456 e. The van der Waals surface area contributed by atoms with Gasteiger partial charge in [0.2, 0.25) is 0 Å². The Bertz CT molecular complexity index is 3740. The minimum absolute atomic E-state index is 0.795. The van der Waals surface area contributed by atoms with Gasteiger partial charge in [-0.2, -0.15) is 0 Å². The summed E-state index contributed by atoms with van der Waals surface area (Å²) in [5.74, 6) is 0. The van der Waals surface area contributed by atoms with Crippen LogP contribution in [0.25, 0.3) is 104 Å². The highest BCUT2D eigenvalue weighted by atomic mass is 16.3. The van der Waals surface area contributed by atoms with Crippen molar-refractivity contribution in [1.29, 1.82) is 0 Å². The van der Waals surface area contributed by atoms with Crippen LogP contribution in [0.2, 0.25) is 0 Å². The average Bonchev–Trinajstić information content (AvgIpc) is 4.06. The molecule has 0 radical (unpaired) electrons. The lowest BCUT2D eigenvalue weighted by Gasteiger charge is -2.26. The number of furan rings is 3. The molecule has 13 aromatic rings. The van der Waals surface area contributed by atoms with E-state index in [1.54, 1.807) is 0 Å². The summed E-state index contributed by atoms with van der Waals surface area (Å²) in [6.07, 6.45) is 0. The molecule has 0 aliphatic rings. The van der Waals surface area contributed by atoms with Gasteiger partial charge in [0.15, 0.2) is 11.2 Å². The number of rotatable bonds is 5. The summed E-state index contributed by atoms with van der Waals surface area (Å²) < 4.78 is 22.8. The van der Waals surface area contributed by atoms with Gasteiger partial charge in [0.1, 0.15) is 28.0 Å². The number of benzene rings is 9. The average molecular weight is 757 g/mol. The SMILES string of the molecule is c1ccc(-c2ccc(N(c3ccc4oc5c(-n6c7ccccc7c7ccccc76)c6c(cc5c4c3)oc3ccccc36)c3cccc4c3oc3ccccc34)cc2)cc1. The molecule has 5 heteroatoms. The zero-order valence-corrected chi connectivity index (χ0v) is 31.6. The van der Waals surface area contributed by atoms with Crippen molar-refractivity contribution in [2.45, 2.75) is 0 Å². The fourth-order valence-corrected chi connectivity index (χ4v) is 9.36. The van der Waals surface area contributed by atoms with Crippen LogP contribution in [0.5, 0.6) is 0 Å². The molecule has 59 heavy (non-hydrogen) atoms. The van der Waals surface area contributed by atoms with Crippen LogP contribution in [0.1, 0.15) is 0 Å². The Balaban J connectivity index is 1.10. The van der Waals surface area contributed by atoms with E-state index in [-0.39, 0.29) is 0 Å². The third-order valence-corrected chi connectivity index (χ3v) is 12.0. The van der Waals surface area contributed by atoms with Gasteiger partial charge in [-0.15, -0.1) is 0 Å².